The highest BCUT2D eigenvalue weighted by Crippen LogP contribution is 2.48. The number of rotatable bonds is 7. The molecule has 2 nitrogen and oxygen atoms in total. The predicted octanol–water partition coefficient (Wildman–Crippen LogP) is 4.01. The number of amides is 1. The third kappa shape index (κ3) is 3.81. The molecule has 1 fully saturated rings. The van der Waals surface area contributed by atoms with E-state index >= 15 is 0 Å². The summed E-state index contributed by atoms with van der Waals surface area (Å²) in [6.07, 6.45) is 5.35. The Kier molecular flexibility index (Phi) is 5.16. The zero-order valence-corrected chi connectivity index (χ0v) is 12.4. The Morgan fingerprint density at radius 2 is 2.15 bits per heavy atom. The van der Waals surface area contributed by atoms with Crippen LogP contribution in [0.15, 0.2) is 24.3 Å². The molecule has 1 aromatic carbocycles. The minimum absolute atomic E-state index is 0.0412. The van der Waals surface area contributed by atoms with Gasteiger partial charge in [-0.15, -0.1) is 0 Å². The normalized spacial score (nSPS) is 22.4. The highest BCUT2D eigenvalue weighted by molar-refractivity contribution is 5.83. The van der Waals surface area contributed by atoms with E-state index in [0.29, 0.717) is 5.56 Å². The lowest BCUT2D eigenvalue weighted by Gasteiger charge is -2.13. The Labute approximate surface area is 120 Å². The van der Waals surface area contributed by atoms with Crippen molar-refractivity contribution in [3.63, 3.8) is 0 Å². The smallest absolute Gasteiger partial charge is 0.223 e. The summed E-state index contributed by atoms with van der Waals surface area (Å²) in [5.41, 5.74) is 0.686. The number of halogens is 1. The molecule has 0 heterocycles. The lowest BCUT2D eigenvalue weighted by molar-refractivity contribution is -0.123. The minimum Gasteiger partial charge on any atom is -0.353 e. The fourth-order valence-corrected chi connectivity index (χ4v) is 2.73. The van der Waals surface area contributed by atoms with Gasteiger partial charge in [-0.25, -0.2) is 4.39 Å². The van der Waals surface area contributed by atoms with Crippen molar-refractivity contribution in [1.82, 2.24) is 5.32 Å². The van der Waals surface area contributed by atoms with Gasteiger partial charge in [0, 0.05) is 12.0 Å². The van der Waals surface area contributed by atoms with E-state index in [1.54, 1.807) is 12.1 Å². The number of unbranched alkanes of at least 4 members (excludes halogenated alkanes) is 2. The van der Waals surface area contributed by atoms with Gasteiger partial charge < -0.3 is 5.32 Å². The van der Waals surface area contributed by atoms with E-state index in [4.69, 9.17) is 0 Å². The van der Waals surface area contributed by atoms with Gasteiger partial charge in [0.05, 0.1) is 0 Å². The first-order valence-electron chi connectivity index (χ1n) is 7.68. The largest absolute Gasteiger partial charge is 0.353 e. The lowest BCUT2D eigenvalue weighted by atomic mass is 10.1. The molecular weight excluding hydrogens is 253 g/mol. The maximum atomic E-state index is 13.7. The average Bonchev–Trinajstić information content (AvgIpc) is 3.20. The minimum atomic E-state index is -0.191. The van der Waals surface area contributed by atoms with Crippen LogP contribution in [-0.2, 0) is 4.79 Å². The van der Waals surface area contributed by atoms with Crippen molar-refractivity contribution in [2.45, 2.75) is 57.9 Å². The van der Waals surface area contributed by atoms with Crippen LogP contribution in [0.5, 0.6) is 0 Å². The van der Waals surface area contributed by atoms with Crippen molar-refractivity contribution < 1.29 is 9.18 Å². The quantitative estimate of drug-likeness (QED) is 0.749. The van der Waals surface area contributed by atoms with Gasteiger partial charge in [0.25, 0.3) is 0 Å². The van der Waals surface area contributed by atoms with Gasteiger partial charge in [0.1, 0.15) is 5.82 Å². The number of hydrogen-bond donors (Lipinski definition) is 1. The second-order valence-corrected chi connectivity index (χ2v) is 5.88. The van der Waals surface area contributed by atoms with Crippen molar-refractivity contribution in [3.05, 3.63) is 35.6 Å². The summed E-state index contributed by atoms with van der Waals surface area (Å²) in [6, 6.07) is 7.00. The third-order valence-electron chi connectivity index (χ3n) is 4.06. The summed E-state index contributed by atoms with van der Waals surface area (Å²) in [7, 11) is 0. The molecular formula is C17H24FNO. The van der Waals surface area contributed by atoms with Crippen molar-refractivity contribution >= 4 is 5.91 Å². The molecule has 3 atom stereocenters. The predicted molar refractivity (Wildman–Crippen MR) is 79.0 cm³/mol. The molecule has 1 aliphatic carbocycles. The van der Waals surface area contributed by atoms with Crippen molar-refractivity contribution in [2.24, 2.45) is 5.92 Å². The van der Waals surface area contributed by atoms with E-state index in [1.807, 2.05) is 13.0 Å². The molecule has 0 spiro atoms. The Hall–Kier alpha value is -1.38. The Morgan fingerprint density at radius 3 is 2.85 bits per heavy atom. The number of nitrogens with one attached hydrogen (secondary N) is 1. The summed E-state index contributed by atoms with van der Waals surface area (Å²) in [6.45, 7) is 4.22. The lowest BCUT2D eigenvalue weighted by Crippen LogP contribution is -2.33. The Morgan fingerprint density at radius 1 is 1.40 bits per heavy atom. The summed E-state index contributed by atoms with van der Waals surface area (Å²) >= 11 is 0. The molecule has 0 bridgehead atoms. The van der Waals surface area contributed by atoms with Gasteiger partial charge in [0.2, 0.25) is 5.91 Å². The number of hydrogen-bond acceptors (Lipinski definition) is 1. The van der Waals surface area contributed by atoms with E-state index in [2.05, 4.69) is 12.2 Å². The zero-order valence-electron chi connectivity index (χ0n) is 12.4. The molecule has 3 unspecified atom stereocenters. The second-order valence-electron chi connectivity index (χ2n) is 5.88. The van der Waals surface area contributed by atoms with Crippen molar-refractivity contribution in [1.29, 1.82) is 0 Å². The van der Waals surface area contributed by atoms with Crippen LogP contribution in [0.2, 0.25) is 0 Å². The summed E-state index contributed by atoms with van der Waals surface area (Å²) in [5, 5.41) is 3.06. The van der Waals surface area contributed by atoms with E-state index in [9.17, 15) is 9.18 Å². The summed E-state index contributed by atoms with van der Waals surface area (Å²) in [4.78, 5) is 12.1. The molecule has 1 aromatic rings. The summed E-state index contributed by atoms with van der Waals surface area (Å²) < 4.78 is 13.7. The van der Waals surface area contributed by atoms with Gasteiger partial charge in [-0.1, -0.05) is 44.4 Å². The molecule has 0 aromatic heterocycles. The van der Waals surface area contributed by atoms with Crippen LogP contribution in [0, 0.1) is 11.7 Å². The monoisotopic (exact) mass is 277 g/mol. The molecule has 20 heavy (non-hydrogen) atoms. The van der Waals surface area contributed by atoms with Gasteiger partial charge in [-0.3, -0.25) is 4.79 Å². The van der Waals surface area contributed by atoms with Gasteiger partial charge in [0.15, 0.2) is 0 Å². The Bertz CT molecular complexity index is 460. The number of carbonyl (C=O) groups is 1. The Balaban J connectivity index is 1.80. The maximum absolute atomic E-state index is 13.7. The highest BCUT2D eigenvalue weighted by atomic mass is 19.1. The van der Waals surface area contributed by atoms with E-state index < -0.39 is 0 Å². The zero-order chi connectivity index (χ0) is 14.5. The van der Waals surface area contributed by atoms with Crippen molar-refractivity contribution in [3.8, 4) is 0 Å². The SMILES string of the molecule is CCCCCC(C)NC(=O)C1CC1c1ccccc1F. The van der Waals surface area contributed by atoms with Gasteiger partial charge >= 0.3 is 0 Å². The number of carbonyl (C=O) groups excluding carboxylic acids is 1. The molecule has 110 valence electrons. The van der Waals surface area contributed by atoms with E-state index in [1.165, 1.54) is 18.9 Å². The first-order valence-corrected chi connectivity index (χ1v) is 7.68. The fraction of sp³-hybridized carbons (Fsp3) is 0.588. The van der Waals surface area contributed by atoms with Crippen LogP contribution in [0.3, 0.4) is 0 Å². The van der Waals surface area contributed by atoms with Gasteiger partial charge in [-0.2, -0.15) is 0 Å². The van der Waals surface area contributed by atoms with Crippen LogP contribution >= 0.6 is 0 Å². The number of benzene rings is 1. The molecule has 0 saturated heterocycles. The molecule has 1 aliphatic rings. The highest BCUT2D eigenvalue weighted by Gasteiger charge is 2.45. The van der Waals surface area contributed by atoms with Crippen LogP contribution in [0.1, 0.15) is 57.4 Å². The van der Waals surface area contributed by atoms with Gasteiger partial charge in [-0.05, 0) is 37.3 Å². The molecule has 2 rings (SSSR count). The summed E-state index contributed by atoms with van der Waals surface area (Å²) in [5.74, 6) is -0.0781. The molecule has 1 saturated carbocycles. The molecule has 0 radical (unpaired) electrons. The second kappa shape index (κ2) is 6.87. The van der Waals surface area contributed by atoms with Crippen LogP contribution in [-0.4, -0.2) is 11.9 Å². The molecule has 1 amide bonds. The maximum Gasteiger partial charge on any atom is 0.223 e. The van der Waals surface area contributed by atoms with Crippen LogP contribution in [0.25, 0.3) is 0 Å². The van der Waals surface area contributed by atoms with Crippen LogP contribution in [0.4, 0.5) is 4.39 Å². The van der Waals surface area contributed by atoms with E-state index in [0.717, 1.165) is 19.3 Å². The van der Waals surface area contributed by atoms with Crippen LogP contribution < -0.4 is 5.32 Å². The first-order chi connectivity index (χ1) is 9.63. The molecule has 0 aliphatic heterocycles. The van der Waals surface area contributed by atoms with E-state index in [-0.39, 0.29) is 29.6 Å². The average molecular weight is 277 g/mol. The third-order valence-corrected chi connectivity index (χ3v) is 4.06. The first kappa shape index (κ1) is 15.0. The molecule has 1 N–H and O–H groups in total. The standard InChI is InChI=1S/C17H24FNO/c1-3-4-5-8-12(2)19-17(20)15-11-14(15)13-9-6-7-10-16(13)18/h6-7,9-10,12,14-15H,3-5,8,11H2,1-2H3,(H,19,20). The topological polar surface area (TPSA) is 29.1 Å². The van der Waals surface area contributed by atoms with Crippen molar-refractivity contribution in [2.75, 3.05) is 0 Å². The fourth-order valence-electron chi connectivity index (χ4n) is 2.73. The molecule has 3 heteroatoms.